The first-order valence-corrected chi connectivity index (χ1v) is 11.1. The lowest BCUT2D eigenvalue weighted by Gasteiger charge is -2.46. The highest BCUT2D eigenvalue weighted by Gasteiger charge is 2.40. The average Bonchev–Trinajstić information content (AvgIpc) is 2.65. The van der Waals surface area contributed by atoms with E-state index in [-0.39, 0.29) is 17.5 Å². The van der Waals surface area contributed by atoms with Crippen molar-refractivity contribution in [1.29, 1.82) is 0 Å². The second kappa shape index (κ2) is 9.41. The molecule has 0 unspecified atom stereocenters. The number of nitrogens with one attached hydrogen (secondary N) is 1. The van der Waals surface area contributed by atoms with Gasteiger partial charge in [0.15, 0.2) is 0 Å². The lowest BCUT2D eigenvalue weighted by atomic mass is 9.72. The summed E-state index contributed by atoms with van der Waals surface area (Å²) in [6.45, 7) is 7.66. The minimum absolute atomic E-state index is 0.107. The van der Waals surface area contributed by atoms with Crippen molar-refractivity contribution in [3.63, 3.8) is 0 Å². The molecule has 1 heterocycles. The van der Waals surface area contributed by atoms with Crippen molar-refractivity contribution >= 4 is 5.91 Å². The topological polar surface area (TPSA) is 52.6 Å². The van der Waals surface area contributed by atoms with E-state index < -0.39 is 6.10 Å². The minimum atomic E-state index is -0.398. The third-order valence-electron chi connectivity index (χ3n) is 6.36. The van der Waals surface area contributed by atoms with E-state index in [4.69, 9.17) is 0 Å². The van der Waals surface area contributed by atoms with E-state index in [1.165, 1.54) is 31.2 Å². The van der Waals surface area contributed by atoms with E-state index in [2.05, 4.69) is 22.3 Å². The monoisotopic (exact) mass is 386 g/mol. The molecule has 0 aromatic heterocycles. The highest BCUT2D eigenvalue weighted by molar-refractivity contribution is 5.82. The lowest BCUT2D eigenvalue weighted by Crippen LogP contribution is -2.58. The fourth-order valence-corrected chi connectivity index (χ4v) is 4.97. The van der Waals surface area contributed by atoms with Crippen LogP contribution in [0.15, 0.2) is 30.3 Å². The number of piperidine rings is 1. The molecule has 0 bridgehead atoms. The number of aliphatic hydroxyl groups is 1. The molecule has 156 valence electrons. The predicted molar refractivity (Wildman–Crippen MR) is 114 cm³/mol. The van der Waals surface area contributed by atoms with Crippen LogP contribution in [0.1, 0.15) is 64.9 Å². The number of carbonyl (C=O) groups is 1. The Morgan fingerprint density at radius 2 is 1.86 bits per heavy atom. The molecule has 1 aliphatic carbocycles. The summed E-state index contributed by atoms with van der Waals surface area (Å²) in [6.07, 6.45) is 7.30. The first-order chi connectivity index (χ1) is 13.3. The highest BCUT2D eigenvalue weighted by Crippen LogP contribution is 2.38. The predicted octanol–water partition coefficient (Wildman–Crippen LogP) is 3.78. The molecule has 28 heavy (non-hydrogen) atoms. The second-order valence-electron chi connectivity index (χ2n) is 9.93. The van der Waals surface area contributed by atoms with Gasteiger partial charge in [0, 0.05) is 18.6 Å². The molecule has 4 heteroatoms. The summed E-state index contributed by atoms with van der Waals surface area (Å²) >= 11 is 0. The van der Waals surface area contributed by atoms with Gasteiger partial charge in [-0.3, -0.25) is 9.69 Å². The summed E-state index contributed by atoms with van der Waals surface area (Å²) in [5, 5.41) is 13.9. The number of likely N-dealkylation sites (tertiary alicyclic amines) is 1. The van der Waals surface area contributed by atoms with Crippen molar-refractivity contribution in [1.82, 2.24) is 10.2 Å². The molecular weight excluding hydrogens is 348 g/mol. The Bertz CT molecular complexity index is 625. The summed E-state index contributed by atoms with van der Waals surface area (Å²) < 4.78 is 0. The first-order valence-electron chi connectivity index (χ1n) is 11.1. The summed E-state index contributed by atoms with van der Waals surface area (Å²) in [7, 11) is 0. The number of aryl methyl sites for hydroxylation is 1. The van der Waals surface area contributed by atoms with E-state index in [1.54, 1.807) is 0 Å². The zero-order chi connectivity index (χ0) is 20.1. The molecular formula is C24H38N2O2. The Morgan fingerprint density at radius 1 is 1.18 bits per heavy atom. The van der Waals surface area contributed by atoms with Crippen LogP contribution in [0.3, 0.4) is 0 Å². The van der Waals surface area contributed by atoms with E-state index in [9.17, 15) is 9.90 Å². The van der Waals surface area contributed by atoms with Gasteiger partial charge in [-0.2, -0.15) is 0 Å². The highest BCUT2D eigenvalue weighted by atomic mass is 16.3. The molecule has 4 nitrogen and oxygen atoms in total. The molecule has 1 aromatic rings. The normalized spacial score (nSPS) is 27.1. The molecule has 1 amide bonds. The van der Waals surface area contributed by atoms with E-state index >= 15 is 0 Å². The molecule has 2 fully saturated rings. The molecule has 4 atom stereocenters. The number of aliphatic hydroxyl groups excluding tert-OH is 1. The average molecular weight is 387 g/mol. The van der Waals surface area contributed by atoms with Gasteiger partial charge < -0.3 is 10.4 Å². The summed E-state index contributed by atoms with van der Waals surface area (Å²) in [4.78, 5) is 15.3. The van der Waals surface area contributed by atoms with Crippen molar-refractivity contribution in [3.8, 4) is 0 Å². The zero-order valence-corrected chi connectivity index (χ0v) is 17.9. The maximum Gasteiger partial charge on any atom is 0.237 e. The largest absolute Gasteiger partial charge is 0.392 e. The quantitative estimate of drug-likeness (QED) is 0.782. The maximum absolute atomic E-state index is 13.0. The van der Waals surface area contributed by atoms with Gasteiger partial charge in [0.2, 0.25) is 5.91 Å². The fraction of sp³-hybridized carbons (Fsp3) is 0.708. The number of rotatable bonds is 6. The van der Waals surface area contributed by atoms with Crippen LogP contribution in [0.2, 0.25) is 0 Å². The van der Waals surface area contributed by atoms with Crippen molar-refractivity contribution in [2.75, 3.05) is 13.1 Å². The van der Waals surface area contributed by atoms with Crippen LogP contribution in [-0.4, -0.2) is 46.7 Å². The number of carbonyl (C=O) groups excluding carboxylic acids is 1. The van der Waals surface area contributed by atoms with Crippen LogP contribution >= 0.6 is 0 Å². The number of benzene rings is 1. The van der Waals surface area contributed by atoms with Crippen LogP contribution in [0.25, 0.3) is 0 Å². The molecule has 0 spiro atoms. The molecule has 2 N–H and O–H groups in total. The molecule has 2 aliphatic rings. The van der Waals surface area contributed by atoms with Crippen LogP contribution in [-0.2, 0) is 11.2 Å². The standard InChI is InChI=1S/C24H38N2O2/c1-24(2,3)25-23(28)22-15-19-11-7-8-12-20(19)16-26(22)17-21(27)14-13-18-9-5-4-6-10-18/h4-6,9-10,19-22,27H,7-8,11-17H2,1-3H3,(H,25,28)/t19-,20+,21-,22-/m0/s1. The van der Waals surface area contributed by atoms with Crippen molar-refractivity contribution in [2.24, 2.45) is 11.8 Å². The van der Waals surface area contributed by atoms with Gasteiger partial charge in [0.05, 0.1) is 12.1 Å². The minimum Gasteiger partial charge on any atom is -0.392 e. The van der Waals surface area contributed by atoms with E-state index in [0.29, 0.717) is 18.4 Å². The van der Waals surface area contributed by atoms with Gasteiger partial charge in [-0.15, -0.1) is 0 Å². The van der Waals surface area contributed by atoms with Crippen LogP contribution in [0.5, 0.6) is 0 Å². The van der Waals surface area contributed by atoms with Crippen LogP contribution in [0, 0.1) is 11.8 Å². The molecule has 1 saturated heterocycles. The first kappa shape index (κ1) is 21.3. The summed E-state index contributed by atoms with van der Waals surface area (Å²) in [5.74, 6) is 1.49. The number of fused-ring (bicyclic) bond motifs is 1. The Morgan fingerprint density at radius 3 is 2.54 bits per heavy atom. The number of hydrogen-bond acceptors (Lipinski definition) is 3. The van der Waals surface area contributed by atoms with Gasteiger partial charge >= 0.3 is 0 Å². The lowest BCUT2D eigenvalue weighted by molar-refractivity contribution is -0.132. The maximum atomic E-state index is 13.0. The summed E-state index contributed by atoms with van der Waals surface area (Å²) in [5.41, 5.74) is 1.03. The number of nitrogens with zero attached hydrogens (tertiary/aromatic N) is 1. The number of hydrogen-bond donors (Lipinski definition) is 2. The SMILES string of the molecule is CC(C)(C)NC(=O)[C@@H]1C[C@@H]2CCCC[C@@H]2CN1C[C@@H](O)CCc1ccccc1. The molecule has 0 radical (unpaired) electrons. The molecule has 3 rings (SSSR count). The van der Waals surface area contributed by atoms with Crippen molar-refractivity contribution in [2.45, 2.75) is 83.4 Å². The summed E-state index contributed by atoms with van der Waals surface area (Å²) in [6, 6.07) is 10.2. The van der Waals surface area contributed by atoms with Crippen LogP contribution in [0.4, 0.5) is 0 Å². The van der Waals surface area contributed by atoms with Gasteiger partial charge in [-0.1, -0.05) is 49.6 Å². The van der Waals surface area contributed by atoms with Gasteiger partial charge in [0.1, 0.15) is 0 Å². The Balaban J connectivity index is 1.62. The number of β-amino-alcohol motifs (C(OH)–C–C–N with tert-alkyl or cyclic N) is 1. The van der Waals surface area contributed by atoms with E-state index in [0.717, 1.165) is 25.8 Å². The van der Waals surface area contributed by atoms with Gasteiger partial charge in [-0.25, -0.2) is 0 Å². The number of amides is 1. The smallest absolute Gasteiger partial charge is 0.237 e. The molecule has 1 aliphatic heterocycles. The zero-order valence-electron chi connectivity index (χ0n) is 17.9. The van der Waals surface area contributed by atoms with Crippen molar-refractivity contribution in [3.05, 3.63) is 35.9 Å². The van der Waals surface area contributed by atoms with Gasteiger partial charge in [-0.05, 0) is 63.9 Å². The molecule has 1 saturated carbocycles. The molecule has 1 aromatic carbocycles. The van der Waals surface area contributed by atoms with E-state index in [1.807, 2.05) is 39.0 Å². The van der Waals surface area contributed by atoms with Crippen LogP contribution < -0.4 is 5.32 Å². The Kier molecular flexibility index (Phi) is 7.16. The Labute approximate surface area is 170 Å². The fourth-order valence-electron chi connectivity index (χ4n) is 4.97. The van der Waals surface area contributed by atoms with Crippen molar-refractivity contribution < 1.29 is 9.90 Å². The third-order valence-corrected chi connectivity index (χ3v) is 6.36. The van der Waals surface area contributed by atoms with Gasteiger partial charge in [0.25, 0.3) is 0 Å². The second-order valence-corrected chi connectivity index (χ2v) is 9.93. The third kappa shape index (κ3) is 6.05. The Hall–Kier alpha value is -1.39.